The summed E-state index contributed by atoms with van der Waals surface area (Å²) in [6.07, 6.45) is 10.2. The van der Waals surface area contributed by atoms with Crippen molar-refractivity contribution in [2.45, 2.75) is 77.7 Å². The smallest absolute Gasteiger partial charge is 0.173 e. The zero-order chi connectivity index (χ0) is 15.4. The third-order valence-electron chi connectivity index (χ3n) is 8.98. The highest BCUT2D eigenvalue weighted by Gasteiger charge is 2.76. The summed E-state index contributed by atoms with van der Waals surface area (Å²) in [6, 6.07) is 0. The number of hydrogen-bond donors (Lipinski definition) is 0. The molecule has 1 heterocycles. The highest BCUT2D eigenvalue weighted by Crippen LogP contribution is 2.73. The predicted octanol–water partition coefficient (Wildman–Crippen LogP) is 4.37. The minimum Gasteiger partial charge on any atom is -0.361 e. The second kappa shape index (κ2) is 3.82. The van der Waals surface area contributed by atoms with Crippen molar-refractivity contribution in [1.29, 1.82) is 0 Å². The number of Topliss-reactive ketones (excluding diaryl/α,β-unsaturated/α-hetero) is 1. The van der Waals surface area contributed by atoms with Gasteiger partial charge in [-0.15, -0.1) is 0 Å². The Labute approximate surface area is 134 Å². The molecule has 0 radical (unpaired) electrons. The normalized spacial score (nSPS) is 58.3. The topological polar surface area (TPSA) is 29.6 Å². The molecule has 22 heavy (non-hydrogen) atoms. The highest BCUT2D eigenvalue weighted by atomic mass is 16.6. The number of epoxide rings is 1. The van der Waals surface area contributed by atoms with Gasteiger partial charge in [0.2, 0.25) is 0 Å². The van der Waals surface area contributed by atoms with Crippen LogP contribution in [0, 0.1) is 34.0 Å². The van der Waals surface area contributed by atoms with E-state index in [2.05, 4.69) is 20.8 Å². The van der Waals surface area contributed by atoms with Crippen molar-refractivity contribution >= 4 is 5.78 Å². The van der Waals surface area contributed by atoms with Gasteiger partial charge in [0, 0.05) is 5.41 Å². The molecule has 2 spiro atoms. The molecule has 2 heteroatoms. The van der Waals surface area contributed by atoms with E-state index in [9.17, 15) is 4.79 Å². The first-order valence-corrected chi connectivity index (χ1v) is 9.54. The van der Waals surface area contributed by atoms with Gasteiger partial charge in [0.15, 0.2) is 11.4 Å². The largest absolute Gasteiger partial charge is 0.361 e. The summed E-state index contributed by atoms with van der Waals surface area (Å²) in [5.41, 5.74) is 0.544. The summed E-state index contributed by atoms with van der Waals surface area (Å²) in [7, 11) is 0. The van der Waals surface area contributed by atoms with Gasteiger partial charge in [-0.05, 0) is 73.5 Å². The molecule has 5 fully saturated rings. The zero-order valence-corrected chi connectivity index (χ0v) is 14.4. The molecule has 0 aromatic heterocycles. The number of carbonyl (C=O) groups excluding carboxylic acids is 1. The molecule has 5 aliphatic rings. The number of rotatable bonds is 0. The Morgan fingerprint density at radius 2 is 1.77 bits per heavy atom. The first-order chi connectivity index (χ1) is 10.4. The van der Waals surface area contributed by atoms with Gasteiger partial charge in [0.1, 0.15) is 0 Å². The Kier molecular flexibility index (Phi) is 2.43. The van der Waals surface area contributed by atoms with E-state index < -0.39 is 0 Å². The van der Waals surface area contributed by atoms with Gasteiger partial charge >= 0.3 is 0 Å². The highest BCUT2D eigenvalue weighted by molar-refractivity contribution is 5.98. The lowest BCUT2D eigenvalue weighted by Gasteiger charge is -2.63. The maximum absolute atomic E-state index is 13.4. The fraction of sp³-hybridized carbons (Fsp3) is 0.950. The summed E-state index contributed by atoms with van der Waals surface area (Å²) < 4.78 is 5.79. The SMILES string of the molecule is CC1(C)CCC[C@]2(C)[C@@H]1CC[C@@]13C[C@@H](CC[C@H]12)C1(CO1)C3=O. The predicted molar refractivity (Wildman–Crippen MR) is 85.4 cm³/mol. The van der Waals surface area contributed by atoms with Crippen molar-refractivity contribution in [2.75, 3.05) is 6.61 Å². The molecule has 0 aromatic rings. The van der Waals surface area contributed by atoms with E-state index in [-0.39, 0.29) is 11.0 Å². The van der Waals surface area contributed by atoms with Crippen molar-refractivity contribution in [2.24, 2.45) is 34.0 Å². The molecular formula is C20H30O2. The standard InChI is InChI=1S/C20H30O2/c1-17(2)8-4-9-18(3)14(17)7-10-19-11-13(5-6-15(18)19)20(12-22-20)16(19)21/h13-15H,4-12H2,1-3H3/t13-,14-,15+,18-,19-,20?/m1/s1. The molecule has 1 unspecified atom stereocenters. The molecule has 1 aliphatic heterocycles. The van der Waals surface area contributed by atoms with Crippen molar-refractivity contribution in [3.63, 3.8) is 0 Å². The Hall–Kier alpha value is -0.370. The molecule has 5 rings (SSSR count). The number of carbonyl (C=O) groups is 1. The van der Waals surface area contributed by atoms with Crippen LogP contribution in [0.5, 0.6) is 0 Å². The van der Waals surface area contributed by atoms with Crippen LogP contribution in [0.3, 0.4) is 0 Å². The van der Waals surface area contributed by atoms with Crippen LogP contribution in [0.4, 0.5) is 0 Å². The fourth-order valence-electron chi connectivity index (χ4n) is 8.08. The monoisotopic (exact) mass is 302 g/mol. The Morgan fingerprint density at radius 1 is 1.00 bits per heavy atom. The lowest BCUT2D eigenvalue weighted by atomic mass is 9.41. The van der Waals surface area contributed by atoms with E-state index in [4.69, 9.17) is 4.74 Å². The molecule has 0 amide bonds. The van der Waals surface area contributed by atoms with E-state index in [1.807, 2.05) is 0 Å². The third kappa shape index (κ3) is 1.37. The molecule has 1 saturated heterocycles. The Morgan fingerprint density at radius 3 is 2.50 bits per heavy atom. The van der Waals surface area contributed by atoms with Gasteiger partial charge in [0.05, 0.1) is 6.61 Å². The van der Waals surface area contributed by atoms with Crippen LogP contribution in [-0.4, -0.2) is 18.0 Å². The summed E-state index contributed by atoms with van der Waals surface area (Å²) in [5, 5.41) is 0. The zero-order valence-electron chi connectivity index (χ0n) is 14.4. The van der Waals surface area contributed by atoms with Crippen LogP contribution in [0.2, 0.25) is 0 Å². The number of hydrogen-bond acceptors (Lipinski definition) is 2. The maximum Gasteiger partial charge on any atom is 0.173 e. The summed E-state index contributed by atoms with van der Waals surface area (Å²) >= 11 is 0. The lowest BCUT2D eigenvalue weighted by molar-refractivity contribution is -0.162. The number of fused-ring (bicyclic) bond motifs is 4. The van der Waals surface area contributed by atoms with E-state index in [0.29, 0.717) is 28.4 Å². The van der Waals surface area contributed by atoms with E-state index in [1.165, 1.54) is 38.5 Å². The quantitative estimate of drug-likeness (QED) is 0.622. The molecule has 4 saturated carbocycles. The van der Waals surface area contributed by atoms with Crippen LogP contribution < -0.4 is 0 Å². The summed E-state index contributed by atoms with van der Waals surface area (Å²) in [5.74, 6) is 2.53. The fourth-order valence-corrected chi connectivity index (χ4v) is 8.08. The molecule has 122 valence electrons. The lowest BCUT2D eigenvalue weighted by Crippen LogP contribution is -2.57. The first kappa shape index (κ1) is 14.0. The van der Waals surface area contributed by atoms with Gasteiger partial charge in [-0.1, -0.05) is 27.2 Å². The summed E-state index contributed by atoms with van der Waals surface area (Å²) in [6.45, 7) is 8.26. The van der Waals surface area contributed by atoms with E-state index >= 15 is 0 Å². The minimum absolute atomic E-state index is 0.00190. The van der Waals surface area contributed by atoms with Gasteiger partial charge < -0.3 is 4.74 Å². The molecule has 6 atom stereocenters. The van der Waals surface area contributed by atoms with Crippen molar-refractivity contribution in [3.8, 4) is 0 Å². The molecule has 0 N–H and O–H groups in total. The second-order valence-electron chi connectivity index (χ2n) is 10.1. The van der Waals surface area contributed by atoms with Crippen LogP contribution in [0.15, 0.2) is 0 Å². The average Bonchev–Trinajstić information content (AvgIpc) is 3.24. The Bertz CT molecular complexity index is 546. The van der Waals surface area contributed by atoms with Crippen molar-refractivity contribution < 1.29 is 9.53 Å². The molecular weight excluding hydrogens is 272 g/mol. The summed E-state index contributed by atoms with van der Waals surface area (Å²) in [4.78, 5) is 13.4. The van der Waals surface area contributed by atoms with Gasteiger partial charge in [-0.25, -0.2) is 0 Å². The van der Waals surface area contributed by atoms with E-state index in [0.717, 1.165) is 25.4 Å². The van der Waals surface area contributed by atoms with Crippen LogP contribution in [0.25, 0.3) is 0 Å². The minimum atomic E-state index is -0.303. The van der Waals surface area contributed by atoms with Crippen molar-refractivity contribution in [3.05, 3.63) is 0 Å². The molecule has 2 nitrogen and oxygen atoms in total. The van der Waals surface area contributed by atoms with Crippen LogP contribution >= 0.6 is 0 Å². The van der Waals surface area contributed by atoms with Crippen LogP contribution in [-0.2, 0) is 9.53 Å². The number of ketones is 1. The van der Waals surface area contributed by atoms with E-state index in [1.54, 1.807) is 0 Å². The molecule has 2 bridgehead atoms. The number of ether oxygens (including phenoxy) is 1. The van der Waals surface area contributed by atoms with Crippen LogP contribution in [0.1, 0.15) is 72.1 Å². The van der Waals surface area contributed by atoms with Gasteiger partial charge in [-0.3, -0.25) is 4.79 Å². The molecule has 4 aliphatic carbocycles. The third-order valence-corrected chi connectivity index (χ3v) is 8.98. The second-order valence-corrected chi connectivity index (χ2v) is 10.1. The maximum atomic E-state index is 13.4. The van der Waals surface area contributed by atoms with Gasteiger partial charge in [-0.2, -0.15) is 0 Å². The Balaban J connectivity index is 1.60. The average molecular weight is 302 g/mol. The van der Waals surface area contributed by atoms with Crippen molar-refractivity contribution in [1.82, 2.24) is 0 Å². The first-order valence-electron chi connectivity index (χ1n) is 9.54. The molecule has 0 aromatic carbocycles. The van der Waals surface area contributed by atoms with Gasteiger partial charge in [0.25, 0.3) is 0 Å².